The summed E-state index contributed by atoms with van der Waals surface area (Å²) >= 11 is 1.74. The van der Waals surface area contributed by atoms with Gasteiger partial charge in [-0.05, 0) is 31.4 Å². The molecule has 0 spiro atoms. The Kier molecular flexibility index (Phi) is 5.16. The number of aryl methyl sites for hydroxylation is 1. The lowest BCUT2D eigenvalue weighted by Gasteiger charge is -2.31. The Labute approximate surface area is 154 Å². The van der Waals surface area contributed by atoms with Crippen molar-refractivity contribution in [2.45, 2.75) is 31.8 Å². The summed E-state index contributed by atoms with van der Waals surface area (Å²) in [5.74, 6) is 0.657. The molecule has 1 aromatic carbocycles. The molecule has 0 bridgehead atoms. The third-order valence-electron chi connectivity index (χ3n) is 4.44. The van der Waals surface area contributed by atoms with Gasteiger partial charge in [-0.2, -0.15) is 5.21 Å². The molecule has 1 aliphatic rings. The van der Waals surface area contributed by atoms with E-state index in [9.17, 15) is 4.79 Å². The summed E-state index contributed by atoms with van der Waals surface area (Å²) in [5.41, 5.74) is 1.06. The van der Waals surface area contributed by atoms with Crippen LogP contribution in [0, 0.1) is 0 Å². The van der Waals surface area contributed by atoms with Crippen molar-refractivity contribution in [3.8, 4) is 0 Å². The van der Waals surface area contributed by atoms with Crippen molar-refractivity contribution in [1.29, 1.82) is 0 Å². The van der Waals surface area contributed by atoms with Crippen LogP contribution in [-0.2, 0) is 16.0 Å². The molecule has 1 unspecified atom stereocenters. The zero-order chi connectivity index (χ0) is 17.8. The molecule has 1 N–H and O–H groups in total. The van der Waals surface area contributed by atoms with Gasteiger partial charge in [0.2, 0.25) is 11.7 Å². The number of fused-ring (bicyclic) bond motifs is 1. The second kappa shape index (κ2) is 7.88. The van der Waals surface area contributed by atoms with E-state index in [0.717, 1.165) is 29.8 Å². The number of amides is 1. The van der Waals surface area contributed by atoms with Gasteiger partial charge >= 0.3 is 0 Å². The summed E-state index contributed by atoms with van der Waals surface area (Å²) in [7, 11) is 0. The number of unbranched alkanes of at least 4 members (excludes halogenated alkanes) is 1. The van der Waals surface area contributed by atoms with Crippen molar-refractivity contribution in [3.05, 3.63) is 35.1 Å². The van der Waals surface area contributed by atoms with Crippen LogP contribution in [0.1, 0.15) is 36.2 Å². The third kappa shape index (κ3) is 3.88. The molecule has 1 atom stereocenters. The highest BCUT2D eigenvalue weighted by Gasteiger charge is 2.27. The van der Waals surface area contributed by atoms with E-state index in [4.69, 9.17) is 4.74 Å². The van der Waals surface area contributed by atoms with Crippen LogP contribution in [-0.4, -0.2) is 56.1 Å². The highest BCUT2D eigenvalue weighted by atomic mass is 32.1. The van der Waals surface area contributed by atoms with Crippen molar-refractivity contribution in [1.82, 2.24) is 30.5 Å². The maximum Gasteiger partial charge on any atom is 0.222 e. The van der Waals surface area contributed by atoms with Crippen molar-refractivity contribution < 1.29 is 9.53 Å². The Morgan fingerprint density at radius 3 is 3.12 bits per heavy atom. The molecular formula is C17H20N6O2S. The molecule has 9 heteroatoms. The number of benzene rings is 1. The smallest absolute Gasteiger partial charge is 0.222 e. The fourth-order valence-corrected chi connectivity index (χ4v) is 4.08. The predicted octanol–water partition coefficient (Wildman–Crippen LogP) is 2.12. The fourth-order valence-electron chi connectivity index (χ4n) is 3.08. The number of tetrazole rings is 1. The Hall–Kier alpha value is -2.39. The summed E-state index contributed by atoms with van der Waals surface area (Å²) < 4.78 is 6.85. The van der Waals surface area contributed by atoms with Gasteiger partial charge in [0.1, 0.15) is 6.10 Å². The van der Waals surface area contributed by atoms with Crippen molar-refractivity contribution in [3.63, 3.8) is 0 Å². The zero-order valence-electron chi connectivity index (χ0n) is 14.3. The lowest BCUT2D eigenvalue weighted by Crippen LogP contribution is -2.42. The molecule has 1 fully saturated rings. The minimum Gasteiger partial charge on any atom is -0.366 e. The second-order valence-electron chi connectivity index (χ2n) is 6.25. The fraction of sp³-hybridized carbons (Fsp3) is 0.471. The standard InChI is InChI=1S/C17H20N6O2S/c24-16(23-9-10-25-13(11-23)17-19-21-22-20-17)8-4-3-7-15-18-12-5-1-2-6-14(12)26-15/h1-2,5-6,13H,3-4,7-11H2,(H,19,20,21,22). The van der Waals surface area contributed by atoms with E-state index in [0.29, 0.717) is 31.9 Å². The zero-order valence-corrected chi connectivity index (χ0v) is 15.1. The topological polar surface area (TPSA) is 96.9 Å². The summed E-state index contributed by atoms with van der Waals surface area (Å²) in [5, 5.41) is 15.0. The van der Waals surface area contributed by atoms with Crippen LogP contribution in [0.4, 0.5) is 0 Å². The molecule has 3 heterocycles. The van der Waals surface area contributed by atoms with E-state index in [-0.39, 0.29) is 12.0 Å². The first-order valence-electron chi connectivity index (χ1n) is 8.77. The molecule has 1 saturated heterocycles. The van der Waals surface area contributed by atoms with Gasteiger partial charge in [0.05, 0.1) is 28.4 Å². The molecule has 136 valence electrons. The number of aromatic amines is 1. The average molecular weight is 372 g/mol. The van der Waals surface area contributed by atoms with Crippen LogP contribution in [0.25, 0.3) is 10.2 Å². The van der Waals surface area contributed by atoms with Gasteiger partial charge in [0, 0.05) is 13.0 Å². The van der Waals surface area contributed by atoms with E-state index in [1.54, 1.807) is 11.3 Å². The van der Waals surface area contributed by atoms with Crippen molar-refractivity contribution in [2.24, 2.45) is 0 Å². The number of aromatic nitrogens is 5. The van der Waals surface area contributed by atoms with Gasteiger partial charge in [-0.15, -0.1) is 21.5 Å². The Morgan fingerprint density at radius 2 is 2.27 bits per heavy atom. The predicted molar refractivity (Wildman–Crippen MR) is 96.6 cm³/mol. The van der Waals surface area contributed by atoms with Crippen LogP contribution >= 0.6 is 11.3 Å². The van der Waals surface area contributed by atoms with Crippen LogP contribution in [0.3, 0.4) is 0 Å². The van der Waals surface area contributed by atoms with E-state index in [1.165, 1.54) is 4.70 Å². The SMILES string of the molecule is O=C(CCCCc1nc2ccccc2s1)N1CCOC(c2nn[nH]n2)C1. The number of nitrogens with zero attached hydrogens (tertiary/aromatic N) is 5. The molecule has 1 aliphatic heterocycles. The first-order valence-corrected chi connectivity index (χ1v) is 9.58. The largest absolute Gasteiger partial charge is 0.366 e. The second-order valence-corrected chi connectivity index (χ2v) is 7.37. The average Bonchev–Trinajstić information content (AvgIpc) is 3.34. The molecule has 8 nitrogen and oxygen atoms in total. The number of H-pyrrole nitrogens is 1. The number of ether oxygens (including phenoxy) is 1. The van der Waals surface area contributed by atoms with Gasteiger partial charge in [-0.25, -0.2) is 4.98 Å². The number of carbonyl (C=O) groups excluding carboxylic acids is 1. The molecule has 1 amide bonds. The van der Waals surface area contributed by atoms with Gasteiger partial charge in [0.25, 0.3) is 0 Å². The van der Waals surface area contributed by atoms with Gasteiger partial charge < -0.3 is 9.64 Å². The van der Waals surface area contributed by atoms with E-state index in [1.807, 2.05) is 23.1 Å². The minimum absolute atomic E-state index is 0.158. The van der Waals surface area contributed by atoms with Crippen LogP contribution in [0.2, 0.25) is 0 Å². The monoisotopic (exact) mass is 372 g/mol. The highest BCUT2D eigenvalue weighted by Crippen LogP contribution is 2.23. The third-order valence-corrected chi connectivity index (χ3v) is 5.53. The lowest BCUT2D eigenvalue weighted by atomic mass is 10.1. The maximum atomic E-state index is 12.5. The number of carbonyl (C=O) groups is 1. The molecule has 26 heavy (non-hydrogen) atoms. The van der Waals surface area contributed by atoms with Crippen molar-refractivity contribution in [2.75, 3.05) is 19.7 Å². The quantitative estimate of drug-likeness (QED) is 0.666. The normalized spacial score (nSPS) is 17.7. The van der Waals surface area contributed by atoms with Crippen LogP contribution < -0.4 is 0 Å². The van der Waals surface area contributed by atoms with Gasteiger partial charge in [-0.1, -0.05) is 17.3 Å². The van der Waals surface area contributed by atoms with E-state index in [2.05, 4.69) is 31.7 Å². The molecule has 0 saturated carbocycles. The van der Waals surface area contributed by atoms with Crippen molar-refractivity contribution >= 4 is 27.5 Å². The van der Waals surface area contributed by atoms with E-state index >= 15 is 0 Å². The molecular weight excluding hydrogens is 352 g/mol. The van der Waals surface area contributed by atoms with E-state index < -0.39 is 0 Å². The molecule has 4 rings (SSSR count). The number of rotatable bonds is 6. The summed E-state index contributed by atoms with van der Waals surface area (Å²) in [4.78, 5) is 18.9. The molecule has 0 radical (unpaired) electrons. The highest BCUT2D eigenvalue weighted by molar-refractivity contribution is 7.18. The number of thiazole rings is 1. The van der Waals surface area contributed by atoms with Crippen LogP contribution in [0.5, 0.6) is 0 Å². The van der Waals surface area contributed by atoms with Gasteiger partial charge in [0.15, 0.2) is 0 Å². The Balaban J connectivity index is 1.23. The molecule has 0 aliphatic carbocycles. The summed E-state index contributed by atoms with van der Waals surface area (Å²) in [6, 6.07) is 8.18. The number of hydrogen-bond acceptors (Lipinski definition) is 7. The number of morpholine rings is 1. The van der Waals surface area contributed by atoms with Gasteiger partial charge in [-0.3, -0.25) is 4.79 Å². The summed E-state index contributed by atoms with van der Waals surface area (Å²) in [6.45, 7) is 1.60. The minimum atomic E-state index is -0.297. The first kappa shape index (κ1) is 17.0. The Morgan fingerprint density at radius 1 is 1.35 bits per heavy atom. The number of para-hydroxylation sites is 1. The number of nitrogens with one attached hydrogen (secondary N) is 1. The first-order chi connectivity index (χ1) is 12.8. The summed E-state index contributed by atoms with van der Waals surface area (Å²) in [6.07, 6.45) is 2.99. The lowest BCUT2D eigenvalue weighted by molar-refractivity contribution is -0.139. The maximum absolute atomic E-state index is 12.5. The number of hydrogen-bond donors (Lipinski definition) is 1. The molecule has 2 aromatic heterocycles. The Bertz CT molecular complexity index is 832. The molecule has 3 aromatic rings. The van der Waals surface area contributed by atoms with Crippen LogP contribution in [0.15, 0.2) is 24.3 Å².